The van der Waals surface area contributed by atoms with Gasteiger partial charge >= 0.3 is 11.9 Å². The molecule has 1 heterocycles. The van der Waals surface area contributed by atoms with Crippen molar-refractivity contribution in [2.45, 2.75) is 77.8 Å². The molecule has 32 heavy (non-hydrogen) atoms. The first-order valence-electron chi connectivity index (χ1n) is 11.7. The maximum absolute atomic E-state index is 12.2. The van der Waals surface area contributed by atoms with Crippen LogP contribution < -0.4 is 0 Å². The van der Waals surface area contributed by atoms with Crippen molar-refractivity contribution in [2.24, 2.45) is 0 Å². The Bertz CT molecular complexity index is 667. The summed E-state index contributed by atoms with van der Waals surface area (Å²) in [6.45, 7) is 9.04. The maximum Gasteiger partial charge on any atom is 0.307 e. The number of benzene rings is 1. The summed E-state index contributed by atoms with van der Waals surface area (Å²) in [6, 6.07) is 9.64. The third-order valence-electron chi connectivity index (χ3n) is 5.00. The van der Waals surface area contributed by atoms with Crippen LogP contribution in [0.5, 0.6) is 0 Å². The zero-order chi connectivity index (χ0) is 23.2. The highest BCUT2D eigenvalue weighted by Gasteiger charge is 2.18. The second kappa shape index (κ2) is 14.2. The van der Waals surface area contributed by atoms with Gasteiger partial charge < -0.3 is 23.8 Å². The highest BCUT2D eigenvalue weighted by Crippen LogP contribution is 2.14. The van der Waals surface area contributed by atoms with Crippen LogP contribution in [0.15, 0.2) is 30.3 Å². The Hall–Kier alpha value is -1.96. The lowest BCUT2D eigenvalue weighted by atomic mass is 10.2. The van der Waals surface area contributed by atoms with Gasteiger partial charge in [-0.05, 0) is 58.6 Å². The monoisotopic (exact) mass is 449 g/mol. The van der Waals surface area contributed by atoms with Gasteiger partial charge in [-0.15, -0.1) is 0 Å². The fourth-order valence-electron chi connectivity index (χ4n) is 3.39. The Morgan fingerprint density at radius 3 is 2.50 bits per heavy atom. The first-order valence-corrected chi connectivity index (χ1v) is 11.7. The van der Waals surface area contributed by atoms with Gasteiger partial charge in [-0.2, -0.15) is 0 Å². The molecule has 0 aliphatic carbocycles. The molecule has 1 aromatic carbocycles. The average molecular weight is 450 g/mol. The van der Waals surface area contributed by atoms with Crippen molar-refractivity contribution in [3.05, 3.63) is 35.9 Å². The minimum absolute atomic E-state index is 0.136. The molecular weight excluding hydrogens is 410 g/mol. The molecule has 1 saturated heterocycles. The third-order valence-corrected chi connectivity index (χ3v) is 5.00. The van der Waals surface area contributed by atoms with Crippen molar-refractivity contribution >= 4 is 11.9 Å². The van der Waals surface area contributed by atoms with Crippen LogP contribution in [-0.2, 0) is 35.1 Å². The molecule has 1 aliphatic heterocycles. The second-order valence-electron chi connectivity index (χ2n) is 9.09. The summed E-state index contributed by atoms with van der Waals surface area (Å²) in [5.41, 5.74) is 0.489. The summed E-state index contributed by atoms with van der Waals surface area (Å²) in [4.78, 5) is 26.3. The predicted molar refractivity (Wildman–Crippen MR) is 122 cm³/mol. The van der Waals surface area contributed by atoms with Crippen molar-refractivity contribution < 1.29 is 28.5 Å². The zero-order valence-electron chi connectivity index (χ0n) is 19.8. The first kappa shape index (κ1) is 26.3. The molecule has 2 rings (SSSR count). The van der Waals surface area contributed by atoms with Crippen LogP contribution in [0, 0.1) is 0 Å². The Labute approximate surface area is 192 Å². The molecule has 1 aromatic rings. The van der Waals surface area contributed by atoms with Gasteiger partial charge in [-0.3, -0.25) is 9.59 Å². The predicted octanol–water partition coefficient (Wildman–Crippen LogP) is 4.09. The van der Waals surface area contributed by atoms with E-state index in [-0.39, 0.29) is 24.8 Å². The number of rotatable bonds is 13. The quantitative estimate of drug-likeness (QED) is 0.420. The van der Waals surface area contributed by atoms with Crippen molar-refractivity contribution in [3.63, 3.8) is 0 Å². The summed E-state index contributed by atoms with van der Waals surface area (Å²) in [6.07, 6.45) is 4.29. The fraction of sp³-hybridized carbons (Fsp3) is 0.680. The standard InChI is InChI=1S/C25H39NO6/c1-25(2,3)32-23(28)12-9-15-26(17-19-30-24-13-7-8-18-29-24)16-14-22(27)31-20-21-10-5-4-6-11-21/h4-6,10-11,24H,7-9,12-20H2,1-3H3. The van der Waals surface area contributed by atoms with E-state index < -0.39 is 5.60 Å². The van der Waals surface area contributed by atoms with Gasteiger partial charge in [0, 0.05) is 26.1 Å². The SMILES string of the molecule is CC(C)(C)OC(=O)CCCN(CCOC1CCCCO1)CCC(=O)OCc1ccccc1. The van der Waals surface area contributed by atoms with Gasteiger partial charge in [0.15, 0.2) is 6.29 Å². The number of carbonyl (C=O) groups is 2. The normalized spacial score (nSPS) is 16.7. The van der Waals surface area contributed by atoms with E-state index in [0.717, 1.165) is 31.4 Å². The lowest BCUT2D eigenvalue weighted by molar-refractivity contribution is -0.164. The molecule has 0 amide bonds. The molecule has 1 aliphatic rings. The second-order valence-corrected chi connectivity index (χ2v) is 9.09. The van der Waals surface area contributed by atoms with Crippen LogP contribution in [-0.4, -0.2) is 61.6 Å². The number of hydrogen-bond donors (Lipinski definition) is 0. The van der Waals surface area contributed by atoms with Crippen LogP contribution in [0.4, 0.5) is 0 Å². The topological polar surface area (TPSA) is 74.3 Å². The fourth-order valence-corrected chi connectivity index (χ4v) is 3.39. The largest absolute Gasteiger partial charge is 0.461 e. The number of ether oxygens (including phenoxy) is 4. The van der Waals surface area contributed by atoms with Gasteiger partial charge in [-0.25, -0.2) is 0 Å². The minimum Gasteiger partial charge on any atom is -0.461 e. The van der Waals surface area contributed by atoms with E-state index in [9.17, 15) is 9.59 Å². The van der Waals surface area contributed by atoms with E-state index >= 15 is 0 Å². The number of hydrogen-bond acceptors (Lipinski definition) is 7. The number of esters is 2. The van der Waals surface area contributed by atoms with Gasteiger partial charge in [0.1, 0.15) is 12.2 Å². The van der Waals surface area contributed by atoms with Gasteiger partial charge in [-0.1, -0.05) is 30.3 Å². The Morgan fingerprint density at radius 1 is 1.03 bits per heavy atom. The van der Waals surface area contributed by atoms with Crippen LogP contribution in [0.3, 0.4) is 0 Å². The smallest absolute Gasteiger partial charge is 0.307 e. The van der Waals surface area contributed by atoms with E-state index in [2.05, 4.69) is 4.90 Å². The molecule has 0 bridgehead atoms. The molecule has 0 N–H and O–H groups in total. The lowest BCUT2D eigenvalue weighted by Crippen LogP contribution is -2.33. The van der Waals surface area contributed by atoms with Crippen molar-refractivity contribution in [2.75, 3.05) is 32.8 Å². The van der Waals surface area contributed by atoms with E-state index in [4.69, 9.17) is 18.9 Å². The summed E-state index contributed by atoms with van der Waals surface area (Å²) in [7, 11) is 0. The molecule has 0 spiro atoms. The van der Waals surface area contributed by atoms with Gasteiger partial charge in [0.2, 0.25) is 0 Å². The van der Waals surface area contributed by atoms with Crippen LogP contribution >= 0.6 is 0 Å². The molecule has 0 saturated carbocycles. The van der Waals surface area contributed by atoms with E-state index in [1.54, 1.807) is 0 Å². The number of carbonyl (C=O) groups excluding carboxylic acids is 2. The maximum atomic E-state index is 12.2. The van der Waals surface area contributed by atoms with E-state index in [1.165, 1.54) is 0 Å². The summed E-state index contributed by atoms with van der Waals surface area (Å²) < 4.78 is 22.2. The zero-order valence-corrected chi connectivity index (χ0v) is 19.8. The Morgan fingerprint density at radius 2 is 1.81 bits per heavy atom. The molecule has 0 radical (unpaired) electrons. The summed E-state index contributed by atoms with van der Waals surface area (Å²) in [5.74, 6) is -0.436. The number of nitrogens with zero attached hydrogens (tertiary/aromatic N) is 1. The molecule has 180 valence electrons. The molecule has 1 atom stereocenters. The van der Waals surface area contributed by atoms with Gasteiger partial charge in [0.05, 0.1) is 13.0 Å². The molecule has 1 unspecified atom stereocenters. The third kappa shape index (κ3) is 12.2. The summed E-state index contributed by atoms with van der Waals surface area (Å²) >= 11 is 0. The molecule has 0 aromatic heterocycles. The molecule has 7 heteroatoms. The van der Waals surface area contributed by atoms with Crippen LogP contribution in [0.1, 0.15) is 64.9 Å². The van der Waals surface area contributed by atoms with E-state index in [1.807, 2.05) is 51.1 Å². The van der Waals surface area contributed by atoms with Crippen molar-refractivity contribution in [3.8, 4) is 0 Å². The van der Waals surface area contributed by atoms with E-state index in [0.29, 0.717) is 45.5 Å². The highest BCUT2D eigenvalue weighted by molar-refractivity contribution is 5.70. The first-order chi connectivity index (χ1) is 15.3. The minimum atomic E-state index is -0.479. The van der Waals surface area contributed by atoms with Crippen LogP contribution in [0.25, 0.3) is 0 Å². The average Bonchev–Trinajstić information content (AvgIpc) is 2.76. The van der Waals surface area contributed by atoms with Crippen molar-refractivity contribution in [1.82, 2.24) is 4.90 Å². The Balaban J connectivity index is 1.73. The lowest BCUT2D eigenvalue weighted by Gasteiger charge is -2.26. The van der Waals surface area contributed by atoms with Crippen molar-refractivity contribution in [1.29, 1.82) is 0 Å². The van der Waals surface area contributed by atoms with Crippen LogP contribution in [0.2, 0.25) is 0 Å². The highest BCUT2D eigenvalue weighted by atomic mass is 16.7. The molecule has 7 nitrogen and oxygen atoms in total. The molecule has 1 fully saturated rings. The Kier molecular flexibility index (Phi) is 11.7. The van der Waals surface area contributed by atoms with Gasteiger partial charge in [0.25, 0.3) is 0 Å². The molecular formula is C25H39NO6. The summed E-state index contributed by atoms with van der Waals surface area (Å²) in [5, 5.41) is 0.